The minimum Gasteiger partial charge on any atom is -0.372 e. The van der Waals surface area contributed by atoms with Crippen molar-refractivity contribution in [1.82, 2.24) is 0 Å². The topological polar surface area (TPSA) is 46.4 Å². The summed E-state index contributed by atoms with van der Waals surface area (Å²) in [7, 11) is 3.52. The first-order chi connectivity index (χ1) is 6.45. The van der Waals surface area contributed by atoms with Crippen molar-refractivity contribution in [3.8, 4) is 0 Å². The van der Waals surface area contributed by atoms with Crippen molar-refractivity contribution < 1.29 is 4.92 Å². The molecule has 0 radical (unpaired) electrons. The fourth-order valence-electron chi connectivity index (χ4n) is 1.25. The second kappa shape index (κ2) is 3.84. The molecule has 0 unspecified atom stereocenters. The molecular weight excluding hydrogens is 204 g/mol. The Labute approximate surface area is 87.2 Å². The van der Waals surface area contributed by atoms with Crippen LogP contribution in [-0.2, 0) is 0 Å². The smallest absolute Gasteiger partial charge is 0.296 e. The van der Waals surface area contributed by atoms with E-state index in [4.69, 9.17) is 11.6 Å². The molecular formula is C9H11ClN2O2. The summed E-state index contributed by atoms with van der Waals surface area (Å²) in [5, 5.41) is 11.2. The maximum Gasteiger partial charge on any atom is 0.296 e. The van der Waals surface area contributed by atoms with E-state index in [-0.39, 0.29) is 5.69 Å². The average Bonchev–Trinajstić information content (AvgIpc) is 2.08. The van der Waals surface area contributed by atoms with Gasteiger partial charge in [0.15, 0.2) is 0 Å². The van der Waals surface area contributed by atoms with Gasteiger partial charge in [0.25, 0.3) is 5.69 Å². The van der Waals surface area contributed by atoms with Gasteiger partial charge in [-0.1, -0.05) is 11.6 Å². The van der Waals surface area contributed by atoms with Crippen LogP contribution in [0, 0.1) is 17.0 Å². The Morgan fingerprint density at radius 3 is 2.43 bits per heavy atom. The number of nitro groups is 1. The van der Waals surface area contributed by atoms with Gasteiger partial charge in [-0.3, -0.25) is 10.1 Å². The van der Waals surface area contributed by atoms with Crippen LogP contribution in [0.2, 0.25) is 5.02 Å². The van der Waals surface area contributed by atoms with Crippen LogP contribution in [0.25, 0.3) is 0 Å². The van der Waals surface area contributed by atoms with Gasteiger partial charge >= 0.3 is 0 Å². The predicted molar refractivity (Wildman–Crippen MR) is 57.2 cm³/mol. The van der Waals surface area contributed by atoms with Gasteiger partial charge in [0.1, 0.15) is 5.69 Å². The summed E-state index contributed by atoms with van der Waals surface area (Å²) >= 11 is 5.81. The number of anilines is 1. The van der Waals surface area contributed by atoms with E-state index >= 15 is 0 Å². The second-order valence-corrected chi connectivity index (χ2v) is 3.60. The molecule has 76 valence electrons. The van der Waals surface area contributed by atoms with E-state index in [1.807, 2.05) is 0 Å². The molecule has 1 rings (SSSR count). The molecule has 4 nitrogen and oxygen atoms in total. The summed E-state index contributed by atoms with van der Waals surface area (Å²) in [4.78, 5) is 12.1. The van der Waals surface area contributed by atoms with E-state index < -0.39 is 4.92 Å². The first-order valence-electron chi connectivity index (χ1n) is 4.06. The highest BCUT2D eigenvalue weighted by Gasteiger charge is 2.20. The fraction of sp³-hybridized carbons (Fsp3) is 0.333. The number of nitrogens with zero attached hydrogens (tertiary/aromatic N) is 2. The van der Waals surface area contributed by atoms with Gasteiger partial charge in [0.2, 0.25) is 0 Å². The van der Waals surface area contributed by atoms with Gasteiger partial charge in [-0.15, -0.1) is 0 Å². The normalized spacial score (nSPS) is 10.0. The highest BCUT2D eigenvalue weighted by atomic mass is 35.5. The van der Waals surface area contributed by atoms with Crippen LogP contribution >= 0.6 is 11.6 Å². The van der Waals surface area contributed by atoms with Crippen LogP contribution in [0.1, 0.15) is 5.56 Å². The third kappa shape index (κ3) is 1.80. The zero-order valence-electron chi connectivity index (χ0n) is 8.24. The molecule has 0 aliphatic carbocycles. The second-order valence-electron chi connectivity index (χ2n) is 3.19. The number of rotatable bonds is 2. The number of hydrogen-bond acceptors (Lipinski definition) is 3. The number of nitro benzene ring substituents is 1. The van der Waals surface area contributed by atoms with Gasteiger partial charge in [-0.25, -0.2) is 0 Å². The van der Waals surface area contributed by atoms with E-state index in [0.717, 1.165) is 0 Å². The summed E-state index contributed by atoms with van der Waals surface area (Å²) in [6.45, 7) is 1.65. The molecule has 5 heteroatoms. The lowest BCUT2D eigenvalue weighted by Gasteiger charge is -2.14. The molecule has 1 aromatic rings. The maximum absolute atomic E-state index is 10.8. The molecule has 0 aromatic heterocycles. The van der Waals surface area contributed by atoms with Crippen molar-refractivity contribution in [1.29, 1.82) is 0 Å². The Hall–Kier alpha value is -1.29. The predicted octanol–water partition coefficient (Wildman–Crippen LogP) is 2.62. The van der Waals surface area contributed by atoms with Crippen molar-refractivity contribution in [2.75, 3.05) is 19.0 Å². The summed E-state index contributed by atoms with van der Waals surface area (Å²) < 4.78 is 0. The number of benzene rings is 1. The van der Waals surface area contributed by atoms with Crippen LogP contribution in [0.4, 0.5) is 11.4 Å². The van der Waals surface area contributed by atoms with E-state index in [1.165, 1.54) is 0 Å². The van der Waals surface area contributed by atoms with Crippen molar-refractivity contribution in [3.05, 3.63) is 32.8 Å². The molecule has 0 saturated carbocycles. The molecule has 0 heterocycles. The summed E-state index contributed by atoms with van der Waals surface area (Å²) in [5.74, 6) is 0. The average molecular weight is 215 g/mol. The van der Waals surface area contributed by atoms with Crippen LogP contribution < -0.4 is 4.90 Å². The molecule has 0 aliphatic rings. The van der Waals surface area contributed by atoms with Crippen LogP contribution in [0.3, 0.4) is 0 Å². The lowest BCUT2D eigenvalue weighted by molar-refractivity contribution is -0.384. The SMILES string of the molecule is Cc1c(Cl)ccc(N(C)C)c1[N+](=O)[O-]. The largest absolute Gasteiger partial charge is 0.372 e. The van der Waals surface area contributed by atoms with Gasteiger partial charge in [-0.05, 0) is 19.1 Å². The van der Waals surface area contributed by atoms with Crippen molar-refractivity contribution in [2.24, 2.45) is 0 Å². The van der Waals surface area contributed by atoms with Gasteiger partial charge in [-0.2, -0.15) is 0 Å². The molecule has 0 fully saturated rings. The van der Waals surface area contributed by atoms with Crippen LogP contribution in [-0.4, -0.2) is 19.0 Å². The first kappa shape index (κ1) is 10.8. The Morgan fingerprint density at radius 1 is 1.43 bits per heavy atom. The third-order valence-electron chi connectivity index (χ3n) is 2.01. The van der Waals surface area contributed by atoms with E-state index in [2.05, 4.69) is 0 Å². The van der Waals surface area contributed by atoms with Crippen molar-refractivity contribution >= 4 is 23.0 Å². The molecule has 1 aromatic carbocycles. The molecule has 14 heavy (non-hydrogen) atoms. The van der Waals surface area contributed by atoms with Crippen molar-refractivity contribution in [2.45, 2.75) is 6.92 Å². The zero-order chi connectivity index (χ0) is 10.9. The molecule has 0 saturated heterocycles. The van der Waals surface area contributed by atoms with Gasteiger partial charge < -0.3 is 4.90 Å². The first-order valence-corrected chi connectivity index (χ1v) is 4.43. The summed E-state index contributed by atoms with van der Waals surface area (Å²) in [6, 6.07) is 3.31. The Bertz CT molecular complexity index is 377. The zero-order valence-corrected chi connectivity index (χ0v) is 9.00. The van der Waals surface area contributed by atoms with Gasteiger partial charge in [0, 0.05) is 19.7 Å². The Balaban J connectivity index is 3.45. The summed E-state index contributed by atoms with van der Waals surface area (Å²) in [5.41, 5.74) is 1.14. The third-order valence-corrected chi connectivity index (χ3v) is 2.42. The summed E-state index contributed by atoms with van der Waals surface area (Å²) in [6.07, 6.45) is 0. The molecule has 0 amide bonds. The molecule has 0 atom stereocenters. The monoisotopic (exact) mass is 214 g/mol. The fourth-order valence-corrected chi connectivity index (χ4v) is 1.41. The van der Waals surface area contributed by atoms with E-state index in [0.29, 0.717) is 16.3 Å². The van der Waals surface area contributed by atoms with E-state index in [9.17, 15) is 10.1 Å². The molecule has 0 spiro atoms. The standard InChI is InChI=1S/C9H11ClN2O2/c1-6-7(10)4-5-8(11(2)3)9(6)12(13)14/h4-5H,1-3H3. The Kier molecular flexibility index (Phi) is 2.96. The number of hydrogen-bond donors (Lipinski definition) is 0. The van der Waals surface area contributed by atoms with Crippen LogP contribution in [0.5, 0.6) is 0 Å². The minimum absolute atomic E-state index is 0.0718. The maximum atomic E-state index is 10.8. The lowest BCUT2D eigenvalue weighted by Crippen LogP contribution is -2.11. The highest BCUT2D eigenvalue weighted by molar-refractivity contribution is 6.31. The van der Waals surface area contributed by atoms with Crippen molar-refractivity contribution in [3.63, 3.8) is 0 Å². The van der Waals surface area contributed by atoms with Gasteiger partial charge in [0.05, 0.1) is 9.95 Å². The molecule has 0 aliphatic heterocycles. The number of halogens is 1. The quantitative estimate of drug-likeness (QED) is 0.562. The minimum atomic E-state index is -0.406. The highest BCUT2D eigenvalue weighted by Crippen LogP contribution is 2.34. The molecule has 0 bridgehead atoms. The van der Waals surface area contributed by atoms with Crippen LogP contribution in [0.15, 0.2) is 12.1 Å². The Morgan fingerprint density at radius 2 is 2.00 bits per heavy atom. The lowest BCUT2D eigenvalue weighted by atomic mass is 10.1. The van der Waals surface area contributed by atoms with E-state index in [1.54, 1.807) is 38.1 Å². The molecule has 0 N–H and O–H groups in total.